The molecule has 0 atom stereocenters. The van der Waals surface area contributed by atoms with Crippen molar-refractivity contribution in [3.8, 4) is 0 Å². The highest BCUT2D eigenvalue weighted by Crippen LogP contribution is 2.27. The molecule has 0 radical (unpaired) electrons. The Morgan fingerprint density at radius 1 is 1.17 bits per heavy atom. The van der Waals surface area contributed by atoms with Gasteiger partial charge in [0.25, 0.3) is 0 Å². The standard InChI is InChI=1S/C19H22FNOS/c1-13(2)17-6-4-5-14(3)19(17)21-18(22)11-12-23-16-9-7-15(20)8-10-16/h4-10,13H,11-12H2,1-3H3,(H,21,22). The molecule has 0 aliphatic rings. The predicted octanol–water partition coefficient (Wildman–Crippen LogP) is 5.38. The first-order chi connectivity index (χ1) is 11.0. The maximum atomic E-state index is 12.8. The van der Waals surface area contributed by atoms with E-state index in [-0.39, 0.29) is 11.7 Å². The summed E-state index contributed by atoms with van der Waals surface area (Å²) in [7, 11) is 0. The maximum absolute atomic E-state index is 12.8. The number of rotatable bonds is 6. The minimum atomic E-state index is -0.243. The van der Waals surface area contributed by atoms with Gasteiger partial charge in [0.05, 0.1) is 0 Å². The zero-order valence-electron chi connectivity index (χ0n) is 13.7. The molecule has 1 N–H and O–H groups in total. The average Bonchev–Trinajstić information content (AvgIpc) is 2.51. The van der Waals surface area contributed by atoms with Crippen LogP contribution in [0.4, 0.5) is 10.1 Å². The molecule has 0 heterocycles. The van der Waals surface area contributed by atoms with Crippen molar-refractivity contribution in [2.24, 2.45) is 0 Å². The van der Waals surface area contributed by atoms with E-state index in [9.17, 15) is 9.18 Å². The summed E-state index contributed by atoms with van der Waals surface area (Å²) < 4.78 is 12.8. The lowest BCUT2D eigenvalue weighted by Crippen LogP contribution is -2.15. The van der Waals surface area contributed by atoms with Gasteiger partial charge >= 0.3 is 0 Å². The first-order valence-electron chi connectivity index (χ1n) is 7.75. The number of aryl methyl sites for hydroxylation is 1. The zero-order chi connectivity index (χ0) is 16.8. The van der Waals surface area contributed by atoms with Crippen molar-refractivity contribution in [1.29, 1.82) is 0 Å². The normalized spacial score (nSPS) is 10.8. The highest BCUT2D eigenvalue weighted by Gasteiger charge is 2.12. The van der Waals surface area contributed by atoms with E-state index in [1.54, 1.807) is 23.9 Å². The number of halogens is 1. The molecular weight excluding hydrogens is 309 g/mol. The van der Waals surface area contributed by atoms with Crippen molar-refractivity contribution in [2.45, 2.75) is 38.0 Å². The molecule has 122 valence electrons. The van der Waals surface area contributed by atoms with Crippen LogP contribution in [0.1, 0.15) is 37.3 Å². The van der Waals surface area contributed by atoms with Crippen LogP contribution in [-0.2, 0) is 4.79 Å². The second-order valence-electron chi connectivity index (χ2n) is 5.79. The number of amides is 1. The molecule has 2 aromatic carbocycles. The van der Waals surface area contributed by atoms with E-state index in [0.717, 1.165) is 21.7 Å². The minimum absolute atomic E-state index is 0.0100. The van der Waals surface area contributed by atoms with E-state index in [0.29, 0.717) is 18.1 Å². The highest BCUT2D eigenvalue weighted by molar-refractivity contribution is 7.99. The van der Waals surface area contributed by atoms with Crippen molar-refractivity contribution in [1.82, 2.24) is 0 Å². The molecule has 0 saturated carbocycles. The summed E-state index contributed by atoms with van der Waals surface area (Å²) in [6.07, 6.45) is 0.425. The summed E-state index contributed by atoms with van der Waals surface area (Å²) in [6.45, 7) is 6.25. The van der Waals surface area contributed by atoms with Gasteiger partial charge in [0, 0.05) is 22.8 Å². The SMILES string of the molecule is Cc1cccc(C(C)C)c1NC(=O)CCSc1ccc(F)cc1. The average molecular weight is 331 g/mol. The summed E-state index contributed by atoms with van der Waals surface area (Å²) in [5.41, 5.74) is 3.17. The number of nitrogens with one attached hydrogen (secondary N) is 1. The lowest BCUT2D eigenvalue weighted by atomic mass is 9.98. The number of para-hydroxylation sites is 1. The van der Waals surface area contributed by atoms with E-state index in [1.165, 1.54) is 12.1 Å². The second kappa shape index (κ2) is 8.16. The van der Waals surface area contributed by atoms with Gasteiger partial charge in [-0.25, -0.2) is 4.39 Å². The molecule has 0 bridgehead atoms. The Morgan fingerprint density at radius 3 is 2.52 bits per heavy atom. The number of benzene rings is 2. The number of carbonyl (C=O) groups excluding carboxylic acids is 1. The molecule has 0 aliphatic heterocycles. The molecular formula is C19H22FNOS. The number of thioether (sulfide) groups is 1. The predicted molar refractivity (Wildman–Crippen MR) is 95.6 cm³/mol. The number of hydrogen-bond donors (Lipinski definition) is 1. The molecule has 1 amide bonds. The smallest absolute Gasteiger partial charge is 0.225 e. The van der Waals surface area contributed by atoms with Crippen LogP contribution in [0.25, 0.3) is 0 Å². The third-order valence-electron chi connectivity index (χ3n) is 3.60. The number of carbonyl (C=O) groups is 1. The topological polar surface area (TPSA) is 29.1 Å². The van der Waals surface area contributed by atoms with Crippen LogP contribution in [0, 0.1) is 12.7 Å². The van der Waals surface area contributed by atoms with Crippen LogP contribution in [0.5, 0.6) is 0 Å². The first-order valence-corrected chi connectivity index (χ1v) is 8.73. The Morgan fingerprint density at radius 2 is 1.87 bits per heavy atom. The van der Waals surface area contributed by atoms with Gasteiger partial charge in [0.15, 0.2) is 0 Å². The second-order valence-corrected chi connectivity index (χ2v) is 6.96. The van der Waals surface area contributed by atoms with Crippen LogP contribution in [0.3, 0.4) is 0 Å². The Bertz CT molecular complexity index is 668. The van der Waals surface area contributed by atoms with E-state index in [4.69, 9.17) is 0 Å². The first kappa shape index (κ1) is 17.5. The molecule has 2 aromatic rings. The van der Waals surface area contributed by atoms with Crippen LogP contribution >= 0.6 is 11.8 Å². The van der Waals surface area contributed by atoms with Crippen LogP contribution in [-0.4, -0.2) is 11.7 Å². The fraction of sp³-hybridized carbons (Fsp3) is 0.316. The molecule has 0 aromatic heterocycles. The van der Waals surface area contributed by atoms with Gasteiger partial charge in [-0.2, -0.15) is 0 Å². The maximum Gasteiger partial charge on any atom is 0.225 e. The van der Waals surface area contributed by atoms with Crippen LogP contribution in [0.15, 0.2) is 47.4 Å². The highest BCUT2D eigenvalue weighted by atomic mass is 32.2. The van der Waals surface area contributed by atoms with Crippen molar-refractivity contribution >= 4 is 23.4 Å². The van der Waals surface area contributed by atoms with Gasteiger partial charge in [-0.05, 0) is 48.2 Å². The summed E-state index contributed by atoms with van der Waals surface area (Å²) >= 11 is 1.56. The molecule has 23 heavy (non-hydrogen) atoms. The fourth-order valence-electron chi connectivity index (χ4n) is 2.34. The summed E-state index contributed by atoms with van der Waals surface area (Å²) in [4.78, 5) is 13.2. The van der Waals surface area contributed by atoms with E-state index in [1.807, 2.05) is 19.1 Å². The van der Waals surface area contributed by atoms with Crippen molar-refractivity contribution < 1.29 is 9.18 Å². The Balaban J connectivity index is 1.91. The largest absolute Gasteiger partial charge is 0.326 e. The minimum Gasteiger partial charge on any atom is -0.326 e. The monoisotopic (exact) mass is 331 g/mol. The van der Waals surface area contributed by atoms with Gasteiger partial charge in [0.2, 0.25) is 5.91 Å². The third kappa shape index (κ3) is 5.10. The Labute approximate surface area is 141 Å². The molecule has 4 heteroatoms. The number of anilines is 1. The Kier molecular flexibility index (Phi) is 6.22. The quantitative estimate of drug-likeness (QED) is 0.720. The third-order valence-corrected chi connectivity index (χ3v) is 4.62. The summed E-state index contributed by atoms with van der Waals surface area (Å²) in [6, 6.07) is 12.4. The van der Waals surface area contributed by atoms with Crippen LogP contribution < -0.4 is 5.32 Å². The molecule has 0 saturated heterocycles. The van der Waals surface area contributed by atoms with E-state index >= 15 is 0 Å². The van der Waals surface area contributed by atoms with Gasteiger partial charge in [-0.15, -0.1) is 11.8 Å². The summed E-state index contributed by atoms with van der Waals surface area (Å²) in [5.74, 6) is 0.794. The molecule has 2 nitrogen and oxygen atoms in total. The molecule has 0 spiro atoms. The zero-order valence-corrected chi connectivity index (χ0v) is 14.5. The van der Waals surface area contributed by atoms with Crippen molar-refractivity contribution in [3.63, 3.8) is 0 Å². The van der Waals surface area contributed by atoms with Gasteiger partial charge < -0.3 is 5.32 Å². The molecule has 0 fully saturated rings. The van der Waals surface area contributed by atoms with Gasteiger partial charge in [-0.3, -0.25) is 4.79 Å². The van der Waals surface area contributed by atoms with Crippen molar-refractivity contribution in [3.05, 3.63) is 59.4 Å². The van der Waals surface area contributed by atoms with E-state index < -0.39 is 0 Å². The van der Waals surface area contributed by atoms with Gasteiger partial charge in [0.1, 0.15) is 5.82 Å². The Hall–Kier alpha value is -1.81. The van der Waals surface area contributed by atoms with Crippen molar-refractivity contribution in [2.75, 3.05) is 11.1 Å². The fourth-order valence-corrected chi connectivity index (χ4v) is 3.19. The van der Waals surface area contributed by atoms with Gasteiger partial charge in [-0.1, -0.05) is 32.0 Å². The van der Waals surface area contributed by atoms with E-state index in [2.05, 4.69) is 25.2 Å². The van der Waals surface area contributed by atoms with Crippen LogP contribution in [0.2, 0.25) is 0 Å². The molecule has 2 rings (SSSR count). The lowest BCUT2D eigenvalue weighted by molar-refractivity contribution is -0.115. The lowest BCUT2D eigenvalue weighted by Gasteiger charge is -2.16. The summed E-state index contributed by atoms with van der Waals surface area (Å²) in [5, 5.41) is 3.04. The number of hydrogen-bond acceptors (Lipinski definition) is 2. The molecule has 0 aliphatic carbocycles. The molecule has 0 unspecified atom stereocenters.